The fraction of sp³-hybridized carbons (Fsp3) is 0.235. The molecule has 2 rings (SSSR count). The third kappa shape index (κ3) is 4.77. The Morgan fingerprint density at radius 1 is 1.17 bits per heavy atom. The van der Waals surface area contributed by atoms with Crippen molar-refractivity contribution in [3.05, 3.63) is 65.7 Å². The molecule has 0 fully saturated rings. The molecule has 128 valence electrons. The van der Waals surface area contributed by atoms with E-state index in [4.69, 9.17) is 17.4 Å². The second-order valence-corrected chi connectivity index (χ2v) is 7.49. The summed E-state index contributed by atoms with van der Waals surface area (Å²) in [5.41, 5.74) is 2.10. The first-order valence-corrected chi connectivity index (χ1v) is 9.42. The number of nitrogens with one attached hydrogen (secondary N) is 1. The minimum atomic E-state index is -3.67. The van der Waals surface area contributed by atoms with Crippen LogP contribution in [-0.4, -0.2) is 25.5 Å². The molecule has 0 spiro atoms. The average molecular weight is 364 g/mol. The van der Waals surface area contributed by atoms with E-state index in [-0.39, 0.29) is 10.9 Å². The maximum atomic E-state index is 11.3. The summed E-state index contributed by atoms with van der Waals surface area (Å²) in [6.07, 6.45) is 0. The summed E-state index contributed by atoms with van der Waals surface area (Å²) in [6, 6.07) is 16.5. The van der Waals surface area contributed by atoms with Crippen LogP contribution in [0.3, 0.4) is 0 Å². The van der Waals surface area contributed by atoms with Gasteiger partial charge in [-0.05, 0) is 42.4 Å². The highest BCUT2D eigenvalue weighted by atomic mass is 32.2. The van der Waals surface area contributed by atoms with Crippen LogP contribution in [0.2, 0.25) is 0 Å². The second-order valence-electron chi connectivity index (χ2n) is 5.55. The van der Waals surface area contributed by atoms with Crippen LogP contribution in [0.25, 0.3) is 0 Å². The van der Waals surface area contributed by atoms with Gasteiger partial charge in [0.05, 0.1) is 10.9 Å². The highest BCUT2D eigenvalue weighted by molar-refractivity contribution is 7.89. The average Bonchev–Trinajstić information content (AvgIpc) is 2.58. The third-order valence-corrected chi connectivity index (χ3v) is 5.24. The van der Waals surface area contributed by atoms with E-state index in [0.717, 1.165) is 11.1 Å². The lowest BCUT2D eigenvalue weighted by Crippen LogP contribution is -2.38. The van der Waals surface area contributed by atoms with Gasteiger partial charge < -0.3 is 10.2 Å². The van der Waals surface area contributed by atoms with E-state index in [1.165, 1.54) is 12.1 Å². The Hall–Kier alpha value is -1.96. The van der Waals surface area contributed by atoms with Crippen molar-refractivity contribution in [3.63, 3.8) is 0 Å². The lowest BCUT2D eigenvalue weighted by molar-refractivity contribution is 0.395. The number of hydrogen-bond acceptors (Lipinski definition) is 3. The Bertz CT molecular complexity index is 790. The second kappa shape index (κ2) is 7.74. The van der Waals surface area contributed by atoms with Crippen LogP contribution in [-0.2, 0) is 16.6 Å². The van der Waals surface area contributed by atoms with Gasteiger partial charge in [-0.1, -0.05) is 42.5 Å². The highest BCUT2D eigenvalue weighted by Gasteiger charge is 2.15. The van der Waals surface area contributed by atoms with Crippen LogP contribution >= 0.6 is 12.2 Å². The standard InChI is InChI=1S/C17H21N3O2S2/c1-13(15-8-10-16(11-9-15)24(18,21)22)20(2)17(23)19-12-14-6-4-3-5-7-14/h3-11,13H,12H2,1-2H3,(H,19,23)(H2,18,21,22)/t13-/m1/s1. The van der Waals surface area contributed by atoms with Gasteiger partial charge >= 0.3 is 0 Å². The number of primary sulfonamides is 1. The summed E-state index contributed by atoms with van der Waals surface area (Å²) in [7, 11) is -1.77. The summed E-state index contributed by atoms with van der Waals surface area (Å²) in [4.78, 5) is 2.04. The summed E-state index contributed by atoms with van der Waals surface area (Å²) < 4.78 is 22.6. The third-order valence-electron chi connectivity index (χ3n) is 3.88. The molecule has 0 bridgehead atoms. The maximum absolute atomic E-state index is 11.3. The van der Waals surface area contributed by atoms with Crippen molar-refractivity contribution in [2.24, 2.45) is 5.14 Å². The van der Waals surface area contributed by atoms with Gasteiger partial charge in [0.2, 0.25) is 10.0 Å². The van der Waals surface area contributed by atoms with Crippen LogP contribution in [0.15, 0.2) is 59.5 Å². The lowest BCUT2D eigenvalue weighted by atomic mass is 10.1. The first-order valence-electron chi connectivity index (χ1n) is 7.46. The van der Waals surface area contributed by atoms with Gasteiger partial charge in [0.25, 0.3) is 0 Å². The molecule has 0 aliphatic carbocycles. The van der Waals surface area contributed by atoms with Crippen molar-refractivity contribution >= 4 is 27.4 Å². The van der Waals surface area contributed by atoms with Gasteiger partial charge in [-0.15, -0.1) is 0 Å². The van der Waals surface area contributed by atoms with E-state index in [2.05, 4.69) is 5.32 Å². The predicted molar refractivity (Wildman–Crippen MR) is 99.9 cm³/mol. The number of benzene rings is 2. The molecule has 1 atom stereocenters. The van der Waals surface area contributed by atoms with Gasteiger partial charge in [-0.2, -0.15) is 0 Å². The van der Waals surface area contributed by atoms with E-state index in [1.807, 2.05) is 49.2 Å². The number of rotatable bonds is 5. The monoisotopic (exact) mass is 363 g/mol. The van der Waals surface area contributed by atoms with Crippen LogP contribution < -0.4 is 10.5 Å². The van der Waals surface area contributed by atoms with Crippen LogP contribution in [0.5, 0.6) is 0 Å². The molecule has 24 heavy (non-hydrogen) atoms. The Morgan fingerprint density at radius 3 is 2.29 bits per heavy atom. The minimum absolute atomic E-state index is 0.00435. The van der Waals surface area contributed by atoms with Crippen molar-refractivity contribution < 1.29 is 8.42 Å². The quantitative estimate of drug-likeness (QED) is 0.798. The van der Waals surface area contributed by atoms with Gasteiger partial charge in [0.1, 0.15) is 0 Å². The molecule has 5 nitrogen and oxygen atoms in total. The SMILES string of the molecule is C[C@H](c1ccc(S(N)(=O)=O)cc1)N(C)C(=S)NCc1ccccc1. The molecule has 2 aromatic carbocycles. The van der Waals surface area contributed by atoms with Crippen LogP contribution in [0, 0.1) is 0 Å². The largest absolute Gasteiger partial charge is 0.358 e. The molecule has 0 saturated carbocycles. The Morgan fingerprint density at radius 2 is 1.75 bits per heavy atom. The van der Waals surface area contributed by atoms with Crippen molar-refractivity contribution in [1.29, 1.82) is 0 Å². The molecular weight excluding hydrogens is 342 g/mol. The molecular formula is C17H21N3O2S2. The number of nitrogens with two attached hydrogens (primary N) is 1. The molecule has 0 unspecified atom stereocenters. The predicted octanol–water partition coefficient (Wildman–Crippen LogP) is 2.40. The lowest BCUT2D eigenvalue weighted by Gasteiger charge is -2.28. The fourth-order valence-electron chi connectivity index (χ4n) is 2.23. The molecule has 7 heteroatoms. The van der Waals surface area contributed by atoms with Crippen LogP contribution in [0.1, 0.15) is 24.1 Å². The summed E-state index contributed by atoms with van der Waals surface area (Å²) >= 11 is 5.44. The zero-order valence-electron chi connectivity index (χ0n) is 13.6. The number of sulfonamides is 1. The Kier molecular flexibility index (Phi) is 5.93. The number of nitrogens with zero attached hydrogens (tertiary/aromatic N) is 1. The molecule has 0 amide bonds. The van der Waals surface area contributed by atoms with E-state index in [9.17, 15) is 8.42 Å². The van der Waals surface area contributed by atoms with E-state index in [1.54, 1.807) is 12.1 Å². The van der Waals surface area contributed by atoms with E-state index in [0.29, 0.717) is 11.7 Å². The van der Waals surface area contributed by atoms with Crippen molar-refractivity contribution in [3.8, 4) is 0 Å². The number of thiocarbonyl (C=S) groups is 1. The van der Waals surface area contributed by atoms with Crippen molar-refractivity contribution in [2.45, 2.75) is 24.4 Å². The number of hydrogen-bond donors (Lipinski definition) is 2. The first kappa shape index (κ1) is 18.4. The summed E-state index contributed by atoms with van der Waals surface area (Å²) in [5, 5.41) is 8.97. The van der Waals surface area contributed by atoms with Gasteiger partial charge in [0.15, 0.2) is 5.11 Å². The molecule has 0 aliphatic rings. The molecule has 3 N–H and O–H groups in total. The zero-order chi connectivity index (χ0) is 17.7. The fourth-order valence-corrected chi connectivity index (χ4v) is 2.98. The molecule has 0 radical (unpaired) electrons. The van der Waals surface area contributed by atoms with Gasteiger partial charge in [-0.3, -0.25) is 0 Å². The van der Waals surface area contributed by atoms with E-state index < -0.39 is 10.0 Å². The molecule has 0 saturated heterocycles. The maximum Gasteiger partial charge on any atom is 0.238 e. The topological polar surface area (TPSA) is 75.4 Å². The van der Waals surface area contributed by atoms with E-state index >= 15 is 0 Å². The molecule has 2 aromatic rings. The Balaban J connectivity index is 2.00. The normalized spacial score (nSPS) is 12.5. The van der Waals surface area contributed by atoms with Crippen molar-refractivity contribution in [2.75, 3.05) is 7.05 Å². The van der Waals surface area contributed by atoms with Crippen LogP contribution in [0.4, 0.5) is 0 Å². The summed E-state index contributed by atoms with van der Waals surface area (Å²) in [5.74, 6) is 0. The molecule has 0 heterocycles. The smallest absolute Gasteiger partial charge is 0.238 e. The first-order chi connectivity index (χ1) is 11.3. The Labute approximate surface area is 148 Å². The zero-order valence-corrected chi connectivity index (χ0v) is 15.3. The molecule has 0 aliphatic heterocycles. The van der Waals surface area contributed by atoms with Gasteiger partial charge in [-0.25, -0.2) is 13.6 Å². The van der Waals surface area contributed by atoms with Gasteiger partial charge in [0, 0.05) is 13.6 Å². The molecule has 0 aromatic heterocycles. The minimum Gasteiger partial charge on any atom is -0.358 e. The summed E-state index contributed by atoms with van der Waals surface area (Å²) in [6.45, 7) is 2.66. The highest BCUT2D eigenvalue weighted by Crippen LogP contribution is 2.20. The van der Waals surface area contributed by atoms with Crippen molar-refractivity contribution in [1.82, 2.24) is 10.2 Å².